The summed E-state index contributed by atoms with van der Waals surface area (Å²) < 4.78 is 43.6. The average molecular weight is 504 g/mol. The van der Waals surface area contributed by atoms with E-state index in [1.54, 1.807) is 37.3 Å². The van der Waals surface area contributed by atoms with Crippen molar-refractivity contribution in [3.8, 4) is 5.75 Å². The van der Waals surface area contributed by atoms with Crippen molar-refractivity contribution in [3.63, 3.8) is 0 Å². The first-order valence-electron chi connectivity index (χ1n) is 9.94. The van der Waals surface area contributed by atoms with Crippen LogP contribution in [0, 0.1) is 0 Å². The number of alkyl halides is 3. The molecule has 0 bridgehead atoms. The van der Waals surface area contributed by atoms with Crippen molar-refractivity contribution in [2.45, 2.75) is 13.1 Å². The molecular weight excluding hydrogens is 487 g/mol. The Labute approximate surface area is 202 Å². The van der Waals surface area contributed by atoms with Crippen LogP contribution in [-0.2, 0) is 15.8 Å². The first kappa shape index (κ1) is 25.4. The molecular formula is C24H17ClF3N3O4. The zero-order chi connectivity index (χ0) is 25.6. The van der Waals surface area contributed by atoms with Gasteiger partial charge in [0.25, 0.3) is 0 Å². The number of ether oxygens (including phenoxy) is 1. The van der Waals surface area contributed by atoms with E-state index < -0.39 is 29.5 Å². The molecule has 0 heterocycles. The lowest BCUT2D eigenvalue weighted by atomic mass is 10.1. The van der Waals surface area contributed by atoms with Crippen LogP contribution < -0.4 is 15.5 Å². The van der Waals surface area contributed by atoms with Gasteiger partial charge in [0.1, 0.15) is 5.75 Å². The number of hydrazone groups is 1. The summed E-state index contributed by atoms with van der Waals surface area (Å²) >= 11 is 5.98. The second-order valence-corrected chi connectivity index (χ2v) is 7.47. The Kier molecular flexibility index (Phi) is 7.87. The minimum atomic E-state index is -4.59. The maximum atomic E-state index is 12.8. The maximum Gasteiger partial charge on any atom is 0.416 e. The van der Waals surface area contributed by atoms with Crippen LogP contribution in [0.15, 0.2) is 77.9 Å². The van der Waals surface area contributed by atoms with Crippen molar-refractivity contribution in [2.75, 3.05) is 5.32 Å². The number of carbonyl (C=O) groups is 3. The molecule has 0 unspecified atom stereocenters. The molecule has 0 fully saturated rings. The number of anilines is 1. The largest absolute Gasteiger partial charge is 0.423 e. The van der Waals surface area contributed by atoms with Crippen LogP contribution in [-0.4, -0.2) is 23.5 Å². The third-order valence-electron chi connectivity index (χ3n) is 4.56. The number of carbonyl (C=O) groups excluding carboxylic acids is 3. The van der Waals surface area contributed by atoms with Crippen LogP contribution in [0.25, 0.3) is 0 Å². The number of esters is 1. The van der Waals surface area contributed by atoms with E-state index in [-0.39, 0.29) is 22.0 Å². The van der Waals surface area contributed by atoms with Crippen LogP contribution in [0.2, 0.25) is 5.02 Å². The molecule has 3 aromatic carbocycles. The summed E-state index contributed by atoms with van der Waals surface area (Å²) in [7, 11) is 0. The first-order valence-corrected chi connectivity index (χ1v) is 10.3. The summed E-state index contributed by atoms with van der Waals surface area (Å²) in [5.41, 5.74) is 1.94. The Morgan fingerprint density at radius 3 is 2.26 bits per heavy atom. The molecule has 7 nitrogen and oxygen atoms in total. The predicted octanol–water partition coefficient (Wildman–Crippen LogP) is 5.06. The standard InChI is InChI=1S/C24H17ClF3N3O4/c1-14(15-9-11-18(12-10-15)35-23(34)19-7-2-3-8-20(19)25)30-31-22(33)21(32)29-17-6-4-5-16(13-17)24(26,27)28/h2-13H,1H3,(H,29,32)(H,31,33)/b30-14+. The van der Waals surface area contributed by atoms with Crippen molar-refractivity contribution >= 4 is 40.8 Å². The van der Waals surface area contributed by atoms with Crippen LogP contribution in [0.4, 0.5) is 18.9 Å². The minimum absolute atomic E-state index is 0.192. The monoisotopic (exact) mass is 503 g/mol. The Balaban J connectivity index is 1.58. The molecule has 0 saturated heterocycles. The second-order valence-electron chi connectivity index (χ2n) is 7.06. The summed E-state index contributed by atoms with van der Waals surface area (Å²) in [6, 6.07) is 16.5. The lowest BCUT2D eigenvalue weighted by Gasteiger charge is -2.09. The molecule has 35 heavy (non-hydrogen) atoms. The smallest absolute Gasteiger partial charge is 0.416 e. The van der Waals surface area contributed by atoms with Gasteiger partial charge >= 0.3 is 24.0 Å². The van der Waals surface area contributed by atoms with Gasteiger partial charge in [-0.2, -0.15) is 18.3 Å². The van der Waals surface area contributed by atoms with Crippen LogP contribution in [0.1, 0.15) is 28.4 Å². The van der Waals surface area contributed by atoms with Crippen molar-refractivity contribution in [1.29, 1.82) is 0 Å². The summed E-state index contributed by atoms with van der Waals surface area (Å²) in [6.45, 7) is 1.55. The quantitative estimate of drug-likeness (QED) is 0.167. The molecule has 2 amide bonds. The Hall–Kier alpha value is -4.18. The normalized spacial score (nSPS) is 11.5. The molecule has 0 aromatic heterocycles. The molecule has 0 aliphatic heterocycles. The van der Waals surface area contributed by atoms with E-state index in [0.717, 1.165) is 12.1 Å². The van der Waals surface area contributed by atoms with Crippen molar-refractivity contribution in [2.24, 2.45) is 5.10 Å². The van der Waals surface area contributed by atoms with Crippen LogP contribution in [0.3, 0.4) is 0 Å². The zero-order valence-electron chi connectivity index (χ0n) is 18.0. The Morgan fingerprint density at radius 2 is 1.60 bits per heavy atom. The van der Waals surface area contributed by atoms with Gasteiger partial charge < -0.3 is 10.1 Å². The second kappa shape index (κ2) is 10.8. The number of hydrogen-bond acceptors (Lipinski definition) is 5. The molecule has 0 saturated carbocycles. The van der Waals surface area contributed by atoms with Gasteiger partial charge in [-0.15, -0.1) is 0 Å². The Morgan fingerprint density at radius 1 is 0.914 bits per heavy atom. The first-order chi connectivity index (χ1) is 16.5. The molecule has 3 rings (SSSR count). The van der Waals surface area contributed by atoms with Crippen molar-refractivity contribution < 1.29 is 32.3 Å². The summed E-state index contributed by atoms with van der Waals surface area (Å²) in [4.78, 5) is 36.2. The number of hydrogen-bond donors (Lipinski definition) is 2. The highest BCUT2D eigenvalue weighted by Crippen LogP contribution is 2.30. The Bertz CT molecular complexity index is 1290. The molecule has 0 radical (unpaired) electrons. The van der Waals surface area contributed by atoms with Crippen molar-refractivity contribution in [3.05, 3.63) is 94.5 Å². The number of nitrogens with zero attached hydrogens (tertiary/aromatic N) is 1. The molecule has 3 aromatic rings. The molecule has 2 N–H and O–H groups in total. The van der Waals surface area contributed by atoms with E-state index >= 15 is 0 Å². The molecule has 0 spiro atoms. The molecule has 180 valence electrons. The molecule has 0 atom stereocenters. The predicted molar refractivity (Wildman–Crippen MR) is 123 cm³/mol. The third kappa shape index (κ3) is 6.90. The van der Waals surface area contributed by atoms with Gasteiger partial charge in [0, 0.05) is 5.69 Å². The van der Waals surface area contributed by atoms with Gasteiger partial charge in [-0.3, -0.25) is 9.59 Å². The van der Waals surface area contributed by atoms with E-state index in [1.807, 2.05) is 5.43 Å². The molecule has 11 heteroatoms. The van der Waals surface area contributed by atoms with Crippen molar-refractivity contribution in [1.82, 2.24) is 5.43 Å². The fraction of sp³-hybridized carbons (Fsp3) is 0.0833. The third-order valence-corrected chi connectivity index (χ3v) is 4.89. The lowest BCUT2D eigenvalue weighted by Crippen LogP contribution is -2.33. The fourth-order valence-corrected chi connectivity index (χ4v) is 2.98. The minimum Gasteiger partial charge on any atom is -0.423 e. The number of benzene rings is 3. The van der Waals surface area contributed by atoms with Gasteiger partial charge in [0.05, 0.1) is 21.9 Å². The van der Waals surface area contributed by atoms with Gasteiger partial charge in [-0.1, -0.05) is 29.8 Å². The summed E-state index contributed by atoms with van der Waals surface area (Å²) in [5.74, 6) is -2.75. The van der Waals surface area contributed by atoms with Gasteiger partial charge in [0.15, 0.2) is 0 Å². The van der Waals surface area contributed by atoms with E-state index in [9.17, 15) is 27.6 Å². The molecule has 0 aliphatic rings. The molecule has 0 aliphatic carbocycles. The highest BCUT2D eigenvalue weighted by atomic mass is 35.5. The number of amides is 2. The van der Waals surface area contributed by atoms with E-state index in [2.05, 4.69) is 10.4 Å². The highest BCUT2D eigenvalue weighted by Gasteiger charge is 2.30. The topological polar surface area (TPSA) is 96.9 Å². The van der Waals surface area contributed by atoms with E-state index in [1.165, 1.54) is 24.3 Å². The van der Waals surface area contributed by atoms with Gasteiger partial charge in [-0.05, 0) is 67.1 Å². The van der Waals surface area contributed by atoms with E-state index in [4.69, 9.17) is 16.3 Å². The number of rotatable bonds is 5. The summed E-state index contributed by atoms with van der Waals surface area (Å²) in [5, 5.41) is 6.15. The summed E-state index contributed by atoms with van der Waals surface area (Å²) in [6.07, 6.45) is -4.59. The SMILES string of the molecule is C/C(=N\NC(=O)C(=O)Nc1cccc(C(F)(F)F)c1)c1ccc(OC(=O)c2ccccc2Cl)cc1. The van der Waals surface area contributed by atoms with Gasteiger partial charge in [0.2, 0.25) is 0 Å². The lowest BCUT2D eigenvalue weighted by molar-refractivity contribution is -0.137. The fourth-order valence-electron chi connectivity index (χ4n) is 2.76. The highest BCUT2D eigenvalue weighted by molar-refractivity contribution is 6.39. The average Bonchev–Trinajstić information content (AvgIpc) is 2.82. The zero-order valence-corrected chi connectivity index (χ0v) is 18.8. The number of halogens is 4. The number of nitrogens with one attached hydrogen (secondary N) is 2. The maximum absolute atomic E-state index is 12.8. The van der Waals surface area contributed by atoms with E-state index in [0.29, 0.717) is 17.3 Å². The van der Waals surface area contributed by atoms with Crippen LogP contribution >= 0.6 is 11.6 Å². The van der Waals surface area contributed by atoms with Gasteiger partial charge in [-0.25, -0.2) is 10.2 Å². The van der Waals surface area contributed by atoms with Crippen LogP contribution in [0.5, 0.6) is 5.75 Å².